The summed E-state index contributed by atoms with van der Waals surface area (Å²) in [5, 5.41) is 16.1. The number of nitrogens with zero attached hydrogens (tertiary/aromatic N) is 5. The number of fused-ring (bicyclic) bond motifs is 1. The highest BCUT2D eigenvalue weighted by Crippen LogP contribution is 2.39. The third kappa shape index (κ3) is 4.56. The van der Waals surface area contributed by atoms with E-state index in [1.807, 2.05) is 0 Å². The van der Waals surface area contributed by atoms with Crippen LogP contribution < -0.4 is 15.8 Å². The molecule has 0 aromatic carbocycles. The standard InChI is InChI=1S/C21H22F3N7O5/c1-35-8-12-4-11(7-30(12)20(33)34)29-18(32)13-3-10(6-26-19(13)36-2)15-5-14(21(22,23)24)16-17(25)27-9-28-31(15)16/h3,5-6,9,11-12H,4,7-8H2,1-2H3,(H,29,32)(H,33,34)(H2,25,27,28)/t11-,12-/m0/s1. The number of amides is 2. The average molecular weight is 509 g/mol. The van der Waals surface area contributed by atoms with E-state index in [0.717, 1.165) is 16.9 Å². The van der Waals surface area contributed by atoms with Gasteiger partial charge in [0.05, 0.1) is 31.0 Å². The van der Waals surface area contributed by atoms with Crippen LogP contribution in [0.1, 0.15) is 22.3 Å². The van der Waals surface area contributed by atoms with Crippen LogP contribution in [-0.2, 0) is 10.9 Å². The van der Waals surface area contributed by atoms with Crippen LogP contribution in [0.5, 0.6) is 5.88 Å². The van der Waals surface area contributed by atoms with E-state index >= 15 is 0 Å². The van der Waals surface area contributed by atoms with E-state index in [0.29, 0.717) is 6.42 Å². The second-order valence-electron chi connectivity index (χ2n) is 8.08. The van der Waals surface area contributed by atoms with E-state index in [2.05, 4.69) is 20.4 Å². The first-order chi connectivity index (χ1) is 17.0. The number of likely N-dealkylation sites (tertiary alicyclic amines) is 1. The molecule has 0 spiro atoms. The van der Waals surface area contributed by atoms with E-state index < -0.39 is 41.3 Å². The Hall–Kier alpha value is -4.14. The molecule has 36 heavy (non-hydrogen) atoms. The maximum absolute atomic E-state index is 13.7. The number of hydrogen-bond acceptors (Lipinski definition) is 8. The maximum atomic E-state index is 13.7. The summed E-state index contributed by atoms with van der Waals surface area (Å²) in [7, 11) is 2.74. The lowest BCUT2D eigenvalue weighted by atomic mass is 10.1. The third-order valence-electron chi connectivity index (χ3n) is 5.83. The molecule has 0 saturated carbocycles. The molecule has 1 aliphatic heterocycles. The van der Waals surface area contributed by atoms with Gasteiger partial charge in [-0.05, 0) is 18.6 Å². The van der Waals surface area contributed by atoms with Gasteiger partial charge in [-0.25, -0.2) is 19.3 Å². The Morgan fingerprint density at radius 2 is 2.03 bits per heavy atom. The van der Waals surface area contributed by atoms with Crippen LogP contribution in [0.2, 0.25) is 0 Å². The number of carboxylic acid groups (broad SMARTS) is 1. The van der Waals surface area contributed by atoms with Gasteiger partial charge in [-0.1, -0.05) is 0 Å². The van der Waals surface area contributed by atoms with Gasteiger partial charge >= 0.3 is 12.3 Å². The molecule has 4 N–H and O–H groups in total. The van der Waals surface area contributed by atoms with Gasteiger partial charge in [0.2, 0.25) is 5.88 Å². The van der Waals surface area contributed by atoms with E-state index in [-0.39, 0.29) is 41.7 Å². The Morgan fingerprint density at radius 3 is 2.67 bits per heavy atom. The second-order valence-corrected chi connectivity index (χ2v) is 8.08. The van der Waals surface area contributed by atoms with Crippen molar-refractivity contribution in [2.24, 2.45) is 0 Å². The summed E-state index contributed by atoms with van der Waals surface area (Å²) < 4.78 is 52.3. The summed E-state index contributed by atoms with van der Waals surface area (Å²) in [6.45, 7) is 0.200. The zero-order chi connectivity index (χ0) is 26.2. The number of ether oxygens (including phenoxy) is 2. The van der Waals surface area contributed by atoms with Crippen molar-refractivity contribution in [3.8, 4) is 17.1 Å². The summed E-state index contributed by atoms with van der Waals surface area (Å²) in [4.78, 5) is 33.6. The van der Waals surface area contributed by atoms with E-state index in [1.54, 1.807) is 0 Å². The fraction of sp³-hybridized carbons (Fsp3) is 0.381. The molecule has 2 amide bonds. The van der Waals surface area contributed by atoms with Crippen LogP contribution in [0, 0.1) is 0 Å². The topological polar surface area (TPSA) is 157 Å². The minimum absolute atomic E-state index is 0.0197. The number of halogens is 3. The van der Waals surface area contributed by atoms with Crippen LogP contribution >= 0.6 is 0 Å². The lowest BCUT2D eigenvalue weighted by Gasteiger charge is -2.19. The Morgan fingerprint density at radius 1 is 1.28 bits per heavy atom. The molecule has 3 aromatic heterocycles. The number of carbonyl (C=O) groups excluding carboxylic acids is 1. The smallest absolute Gasteiger partial charge is 0.418 e. The summed E-state index contributed by atoms with van der Waals surface area (Å²) in [5.74, 6) is -1.07. The number of nitrogen functional groups attached to an aromatic ring is 1. The number of carbonyl (C=O) groups is 2. The normalized spacial score (nSPS) is 18.0. The summed E-state index contributed by atoms with van der Waals surface area (Å²) in [6.07, 6.45) is -3.31. The number of nitrogens with one attached hydrogen (secondary N) is 1. The Labute approximate surface area is 201 Å². The Kier molecular flexibility index (Phi) is 6.58. The fourth-order valence-electron chi connectivity index (χ4n) is 4.28. The Balaban J connectivity index is 1.70. The van der Waals surface area contributed by atoms with Gasteiger partial charge in [0, 0.05) is 31.5 Å². The quantitative estimate of drug-likeness (QED) is 0.451. The van der Waals surface area contributed by atoms with Crippen molar-refractivity contribution in [3.05, 3.63) is 35.8 Å². The molecule has 1 fully saturated rings. The number of anilines is 1. The third-order valence-corrected chi connectivity index (χ3v) is 5.83. The van der Waals surface area contributed by atoms with Crippen LogP contribution in [0.3, 0.4) is 0 Å². The molecule has 3 aromatic rings. The lowest BCUT2D eigenvalue weighted by Crippen LogP contribution is -2.39. The van der Waals surface area contributed by atoms with Crippen molar-refractivity contribution in [1.29, 1.82) is 0 Å². The van der Waals surface area contributed by atoms with Gasteiger partial charge in [0.25, 0.3) is 5.91 Å². The molecule has 0 radical (unpaired) electrons. The van der Waals surface area contributed by atoms with Crippen molar-refractivity contribution in [2.45, 2.75) is 24.7 Å². The monoisotopic (exact) mass is 509 g/mol. The van der Waals surface area contributed by atoms with Crippen molar-refractivity contribution in [2.75, 3.05) is 33.1 Å². The van der Waals surface area contributed by atoms with E-state index in [1.165, 1.54) is 31.4 Å². The highest BCUT2D eigenvalue weighted by Gasteiger charge is 2.38. The summed E-state index contributed by atoms with van der Waals surface area (Å²) >= 11 is 0. The number of rotatable bonds is 6. The SMILES string of the molecule is COC[C@@H]1C[C@H](NC(=O)c2cc(-c3cc(C(F)(F)F)c4c(N)ncnn34)cnc2OC)CN1C(=O)O. The molecule has 4 rings (SSSR count). The number of nitrogens with two attached hydrogens (primary N) is 1. The molecule has 15 heteroatoms. The average Bonchev–Trinajstić information content (AvgIpc) is 3.41. The predicted octanol–water partition coefficient (Wildman–Crippen LogP) is 1.90. The van der Waals surface area contributed by atoms with Gasteiger partial charge in [0.15, 0.2) is 5.82 Å². The van der Waals surface area contributed by atoms with Crippen molar-refractivity contribution in [1.82, 2.24) is 29.8 Å². The molecule has 0 aliphatic carbocycles. The number of pyridine rings is 1. The number of hydrogen-bond donors (Lipinski definition) is 3. The molecule has 1 saturated heterocycles. The summed E-state index contributed by atoms with van der Waals surface area (Å²) in [6, 6.07) is 1.20. The molecular weight excluding hydrogens is 487 g/mol. The minimum Gasteiger partial charge on any atom is -0.480 e. The van der Waals surface area contributed by atoms with Gasteiger partial charge in [-0.3, -0.25) is 4.79 Å². The molecule has 0 unspecified atom stereocenters. The van der Waals surface area contributed by atoms with E-state index in [4.69, 9.17) is 15.2 Å². The largest absolute Gasteiger partial charge is 0.480 e. The van der Waals surface area contributed by atoms with Crippen molar-refractivity contribution in [3.63, 3.8) is 0 Å². The number of methoxy groups -OCH3 is 2. The van der Waals surface area contributed by atoms with Gasteiger partial charge in [0.1, 0.15) is 17.4 Å². The first-order valence-electron chi connectivity index (χ1n) is 10.6. The lowest BCUT2D eigenvalue weighted by molar-refractivity contribution is -0.136. The molecule has 2 atom stereocenters. The Bertz CT molecular complexity index is 1310. The molecule has 192 valence electrons. The van der Waals surface area contributed by atoms with Crippen LogP contribution in [0.15, 0.2) is 24.7 Å². The van der Waals surface area contributed by atoms with Gasteiger partial charge in [-0.2, -0.15) is 18.3 Å². The second kappa shape index (κ2) is 9.49. The zero-order valence-electron chi connectivity index (χ0n) is 19.1. The zero-order valence-corrected chi connectivity index (χ0v) is 19.1. The maximum Gasteiger partial charge on any atom is 0.418 e. The first kappa shape index (κ1) is 25.0. The van der Waals surface area contributed by atoms with Crippen molar-refractivity contribution < 1.29 is 37.3 Å². The molecule has 12 nitrogen and oxygen atoms in total. The van der Waals surface area contributed by atoms with Crippen LogP contribution in [-0.4, -0.2) is 81.0 Å². The number of aromatic nitrogens is 4. The molecule has 4 heterocycles. The van der Waals surface area contributed by atoms with Crippen LogP contribution in [0.25, 0.3) is 16.8 Å². The highest BCUT2D eigenvalue weighted by molar-refractivity contribution is 5.98. The fourth-order valence-corrected chi connectivity index (χ4v) is 4.28. The molecular formula is C21H22F3N7O5. The summed E-state index contributed by atoms with van der Waals surface area (Å²) in [5.41, 5.74) is 4.30. The van der Waals surface area contributed by atoms with Gasteiger partial charge < -0.3 is 30.5 Å². The minimum atomic E-state index is -4.74. The predicted molar refractivity (Wildman–Crippen MR) is 118 cm³/mol. The van der Waals surface area contributed by atoms with Crippen LogP contribution in [0.4, 0.5) is 23.8 Å². The molecule has 0 bridgehead atoms. The first-order valence-corrected chi connectivity index (χ1v) is 10.6. The van der Waals surface area contributed by atoms with E-state index in [9.17, 15) is 27.9 Å². The van der Waals surface area contributed by atoms with Crippen molar-refractivity contribution >= 4 is 23.3 Å². The van der Waals surface area contributed by atoms with Gasteiger partial charge in [-0.15, -0.1) is 0 Å². The molecule has 1 aliphatic rings. The number of alkyl halides is 3. The highest BCUT2D eigenvalue weighted by atomic mass is 19.4.